The molecule has 2 aliphatic rings. The maximum absolute atomic E-state index is 12.0. The Bertz CT molecular complexity index is 561. The molecule has 100 valence electrons. The number of hydrogen-bond donors (Lipinski definition) is 2. The number of carboxylic acid groups (broad SMARTS) is 1. The summed E-state index contributed by atoms with van der Waals surface area (Å²) in [4.78, 5) is 24.5. The van der Waals surface area contributed by atoms with Crippen LogP contribution in [0.2, 0.25) is 5.02 Å². The third kappa shape index (κ3) is 2.04. The van der Waals surface area contributed by atoms with Crippen molar-refractivity contribution < 1.29 is 14.7 Å². The largest absolute Gasteiger partial charge is 0.465 e. The molecule has 0 spiro atoms. The number of rotatable bonds is 0. The molecular weight excluding hydrogens is 268 g/mol. The van der Waals surface area contributed by atoms with Crippen molar-refractivity contribution >= 4 is 23.6 Å². The van der Waals surface area contributed by atoms with Gasteiger partial charge in [0.1, 0.15) is 0 Å². The van der Waals surface area contributed by atoms with Gasteiger partial charge in [0, 0.05) is 42.1 Å². The molecule has 6 heteroatoms. The van der Waals surface area contributed by atoms with Crippen LogP contribution in [-0.4, -0.2) is 41.6 Å². The summed E-state index contributed by atoms with van der Waals surface area (Å²) in [6, 6.07) is 5.24. The number of hydrogen-bond acceptors (Lipinski definition) is 2. The van der Waals surface area contributed by atoms with E-state index in [1.807, 2.05) is 6.07 Å². The second-order valence-corrected chi connectivity index (χ2v) is 5.43. The third-order valence-corrected chi connectivity index (χ3v) is 4.13. The van der Waals surface area contributed by atoms with Gasteiger partial charge in [-0.1, -0.05) is 17.7 Å². The third-order valence-electron chi connectivity index (χ3n) is 3.90. The Morgan fingerprint density at radius 2 is 2.21 bits per heavy atom. The van der Waals surface area contributed by atoms with Gasteiger partial charge in [0.2, 0.25) is 0 Å². The molecule has 2 amide bonds. The maximum atomic E-state index is 12.0. The molecular formula is C13H13ClN2O3. The van der Waals surface area contributed by atoms with E-state index < -0.39 is 6.09 Å². The number of halogens is 1. The first-order valence-electron chi connectivity index (χ1n) is 6.12. The minimum Gasteiger partial charge on any atom is -0.465 e. The van der Waals surface area contributed by atoms with Crippen LogP contribution in [0.5, 0.6) is 0 Å². The minimum absolute atomic E-state index is 0.0577. The first kappa shape index (κ1) is 12.3. The standard InChI is InChI=1S/C13H13ClN2O3/c14-8-1-2-9-10(3-8)12(17)15-4-7-5-16(13(18)19)6-11(7)9/h1-3,7,11H,4-6H2,(H,15,17)(H,18,19). The average molecular weight is 281 g/mol. The van der Waals surface area contributed by atoms with Gasteiger partial charge in [0.15, 0.2) is 0 Å². The van der Waals surface area contributed by atoms with Crippen LogP contribution in [0.15, 0.2) is 18.2 Å². The van der Waals surface area contributed by atoms with Crippen LogP contribution in [0.3, 0.4) is 0 Å². The molecule has 2 unspecified atom stereocenters. The number of carbonyl (C=O) groups excluding carboxylic acids is 1. The lowest BCUT2D eigenvalue weighted by Crippen LogP contribution is -2.31. The Kier molecular flexibility index (Phi) is 2.86. The van der Waals surface area contributed by atoms with E-state index in [2.05, 4.69) is 5.32 Å². The number of amides is 2. The first-order valence-corrected chi connectivity index (χ1v) is 6.49. The number of benzene rings is 1. The van der Waals surface area contributed by atoms with Gasteiger partial charge in [-0.2, -0.15) is 0 Å². The topological polar surface area (TPSA) is 69.6 Å². The van der Waals surface area contributed by atoms with Gasteiger partial charge in [-0.25, -0.2) is 4.79 Å². The predicted molar refractivity (Wildman–Crippen MR) is 69.6 cm³/mol. The number of carbonyl (C=O) groups is 2. The van der Waals surface area contributed by atoms with Crippen LogP contribution >= 0.6 is 11.6 Å². The van der Waals surface area contributed by atoms with E-state index in [4.69, 9.17) is 16.7 Å². The Morgan fingerprint density at radius 3 is 2.95 bits per heavy atom. The zero-order valence-corrected chi connectivity index (χ0v) is 10.9. The van der Waals surface area contributed by atoms with E-state index in [1.54, 1.807) is 12.1 Å². The van der Waals surface area contributed by atoms with Gasteiger partial charge in [0.05, 0.1) is 0 Å². The fourth-order valence-electron chi connectivity index (χ4n) is 2.95. The number of nitrogens with one attached hydrogen (secondary N) is 1. The van der Waals surface area contributed by atoms with Crippen molar-refractivity contribution in [2.45, 2.75) is 5.92 Å². The van der Waals surface area contributed by atoms with Crippen LogP contribution in [-0.2, 0) is 0 Å². The van der Waals surface area contributed by atoms with Crippen molar-refractivity contribution in [3.8, 4) is 0 Å². The minimum atomic E-state index is -0.907. The Labute approximate surface area is 115 Å². The van der Waals surface area contributed by atoms with Crippen LogP contribution < -0.4 is 5.32 Å². The van der Waals surface area contributed by atoms with E-state index in [-0.39, 0.29) is 17.7 Å². The van der Waals surface area contributed by atoms with Gasteiger partial charge in [-0.05, 0) is 17.7 Å². The van der Waals surface area contributed by atoms with Crippen LogP contribution in [0, 0.1) is 5.92 Å². The zero-order chi connectivity index (χ0) is 13.6. The second kappa shape index (κ2) is 4.42. The van der Waals surface area contributed by atoms with Gasteiger partial charge >= 0.3 is 6.09 Å². The molecule has 19 heavy (non-hydrogen) atoms. The van der Waals surface area contributed by atoms with Crippen LogP contribution in [0.25, 0.3) is 0 Å². The lowest BCUT2D eigenvalue weighted by molar-refractivity contribution is 0.0951. The normalized spacial score (nSPS) is 25.3. The summed E-state index contributed by atoms with van der Waals surface area (Å²) in [5, 5.41) is 12.4. The molecule has 1 aromatic rings. The fourth-order valence-corrected chi connectivity index (χ4v) is 3.13. The van der Waals surface area contributed by atoms with Gasteiger partial charge < -0.3 is 15.3 Å². The molecule has 0 radical (unpaired) electrons. The summed E-state index contributed by atoms with van der Waals surface area (Å²) in [7, 11) is 0. The maximum Gasteiger partial charge on any atom is 0.407 e. The molecule has 1 saturated heterocycles. The van der Waals surface area contributed by atoms with Crippen molar-refractivity contribution in [1.82, 2.24) is 10.2 Å². The lowest BCUT2D eigenvalue weighted by atomic mass is 9.87. The van der Waals surface area contributed by atoms with Crippen molar-refractivity contribution in [2.24, 2.45) is 5.92 Å². The second-order valence-electron chi connectivity index (χ2n) is 5.00. The van der Waals surface area contributed by atoms with Crippen molar-refractivity contribution in [3.05, 3.63) is 34.3 Å². The van der Waals surface area contributed by atoms with Crippen molar-refractivity contribution in [2.75, 3.05) is 19.6 Å². The van der Waals surface area contributed by atoms with E-state index in [0.717, 1.165) is 5.56 Å². The smallest absolute Gasteiger partial charge is 0.407 e. The Hall–Kier alpha value is -1.75. The quantitative estimate of drug-likeness (QED) is 0.761. The summed E-state index contributed by atoms with van der Waals surface area (Å²) < 4.78 is 0. The molecule has 0 bridgehead atoms. The molecule has 1 aromatic carbocycles. The highest BCUT2D eigenvalue weighted by atomic mass is 35.5. The molecule has 2 N–H and O–H groups in total. The van der Waals surface area contributed by atoms with E-state index >= 15 is 0 Å². The average Bonchev–Trinajstić information content (AvgIpc) is 2.75. The summed E-state index contributed by atoms with van der Waals surface area (Å²) >= 11 is 5.93. The molecule has 2 atom stereocenters. The number of likely N-dealkylation sites (tertiary alicyclic amines) is 1. The molecule has 0 aliphatic carbocycles. The van der Waals surface area contributed by atoms with Gasteiger partial charge in [0.25, 0.3) is 5.91 Å². The summed E-state index contributed by atoms with van der Waals surface area (Å²) in [5.41, 5.74) is 1.46. The van der Waals surface area contributed by atoms with Crippen LogP contribution in [0.4, 0.5) is 4.79 Å². The van der Waals surface area contributed by atoms with Gasteiger partial charge in [-0.15, -0.1) is 0 Å². The predicted octanol–water partition coefficient (Wildman–Crippen LogP) is 1.78. The van der Waals surface area contributed by atoms with Crippen molar-refractivity contribution in [3.63, 3.8) is 0 Å². The fraction of sp³-hybridized carbons (Fsp3) is 0.385. The lowest BCUT2D eigenvalue weighted by Gasteiger charge is -2.15. The molecule has 3 rings (SSSR count). The summed E-state index contributed by atoms with van der Waals surface area (Å²) in [6.07, 6.45) is -0.907. The molecule has 0 saturated carbocycles. The van der Waals surface area contributed by atoms with Gasteiger partial charge in [-0.3, -0.25) is 4.79 Å². The summed E-state index contributed by atoms with van der Waals surface area (Å²) in [6.45, 7) is 1.39. The molecule has 1 fully saturated rings. The highest BCUT2D eigenvalue weighted by Gasteiger charge is 2.39. The molecule has 0 aromatic heterocycles. The van der Waals surface area contributed by atoms with E-state index in [1.165, 1.54) is 4.90 Å². The molecule has 2 heterocycles. The SMILES string of the molecule is O=C1NCC2CN(C(=O)O)CC2c2ccc(Cl)cc21. The number of fused-ring (bicyclic) bond motifs is 3. The highest BCUT2D eigenvalue weighted by Crippen LogP contribution is 2.36. The molecule has 2 aliphatic heterocycles. The van der Waals surface area contributed by atoms with Crippen molar-refractivity contribution in [1.29, 1.82) is 0 Å². The zero-order valence-electron chi connectivity index (χ0n) is 10.1. The summed E-state index contributed by atoms with van der Waals surface area (Å²) in [5.74, 6) is 0.0542. The van der Waals surface area contributed by atoms with Crippen LogP contribution in [0.1, 0.15) is 21.8 Å². The Morgan fingerprint density at radius 1 is 1.42 bits per heavy atom. The highest BCUT2D eigenvalue weighted by molar-refractivity contribution is 6.31. The van der Waals surface area contributed by atoms with E-state index in [9.17, 15) is 9.59 Å². The first-order chi connectivity index (χ1) is 9.06. The van der Waals surface area contributed by atoms with E-state index in [0.29, 0.717) is 30.2 Å². The Balaban J connectivity index is 2.02. The number of nitrogens with zero attached hydrogens (tertiary/aromatic N) is 1. The molecule has 5 nitrogen and oxygen atoms in total. The monoisotopic (exact) mass is 280 g/mol.